The predicted octanol–water partition coefficient (Wildman–Crippen LogP) is 1.98. The van der Waals surface area contributed by atoms with E-state index in [0.717, 1.165) is 0 Å². The Morgan fingerprint density at radius 2 is 2.30 bits per heavy atom. The third-order valence-electron chi connectivity index (χ3n) is 2.38. The van der Waals surface area contributed by atoms with Crippen LogP contribution in [0.2, 0.25) is 0 Å². The van der Waals surface area contributed by atoms with Crippen molar-refractivity contribution in [2.24, 2.45) is 0 Å². The molecule has 0 fully saturated rings. The third-order valence-corrected chi connectivity index (χ3v) is 3.07. The van der Waals surface area contributed by atoms with Crippen LogP contribution >= 0.6 is 15.9 Å². The standard InChI is InChI=1S/C11H9BrN4O4/c1-6-14-10(15-20-6)5-13-11(17)8-4-7(16(18)19)2-3-9(8)12/h2-4H,5H2,1H3,(H,13,17). The Kier molecular flexibility index (Phi) is 4.08. The SMILES string of the molecule is Cc1nc(CNC(=O)c2cc([N+](=O)[O-])ccc2Br)no1. The van der Waals surface area contributed by atoms with Gasteiger partial charge in [0.05, 0.1) is 17.0 Å². The number of rotatable bonds is 4. The highest BCUT2D eigenvalue weighted by molar-refractivity contribution is 9.10. The molecule has 0 saturated heterocycles. The van der Waals surface area contributed by atoms with Gasteiger partial charge in [0.2, 0.25) is 5.89 Å². The quantitative estimate of drug-likeness (QED) is 0.672. The van der Waals surface area contributed by atoms with Gasteiger partial charge in [-0.25, -0.2) is 0 Å². The Morgan fingerprint density at radius 3 is 2.90 bits per heavy atom. The molecule has 1 heterocycles. The monoisotopic (exact) mass is 340 g/mol. The van der Waals surface area contributed by atoms with Gasteiger partial charge in [-0.3, -0.25) is 14.9 Å². The highest BCUT2D eigenvalue weighted by atomic mass is 79.9. The average molecular weight is 341 g/mol. The molecule has 0 atom stereocenters. The molecule has 104 valence electrons. The number of amides is 1. The molecule has 20 heavy (non-hydrogen) atoms. The predicted molar refractivity (Wildman–Crippen MR) is 71.0 cm³/mol. The third kappa shape index (κ3) is 3.18. The minimum absolute atomic E-state index is 0.0747. The first-order chi connectivity index (χ1) is 9.47. The number of nitrogens with zero attached hydrogens (tertiary/aromatic N) is 3. The van der Waals surface area contributed by atoms with E-state index in [1.807, 2.05) is 0 Å². The molecule has 1 aromatic heterocycles. The minimum Gasteiger partial charge on any atom is -0.345 e. The van der Waals surface area contributed by atoms with Gasteiger partial charge in [0, 0.05) is 23.5 Å². The lowest BCUT2D eigenvalue weighted by atomic mass is 10.2. The van der Waals surface area contributed by atoms with E-state index in [-0.39, 0.29) is 17.8 Å². The molecule has 0 aliphatic carbocycles. The van der Waals surface area contributed by atoms with Crippen LogP contribution in [0.1, 0.15) is 22.1 Å². The molecule has 1 N–H and O–H groups in total. The molecule has 2 aromatic rings. The number of carbonyl (C=O) groups is 1. The van der Waals surface area contributed by atoms with Crippen LogP contribution in [-0.2, 0) is 6.54 Å². The van der Waals surface area contributed by atoms with Crippen molar-refractivity contribution in [2.45, 2.75) is 13.5 Å². The molecule has 0 bridgehead atoms. The zero-order chi connectivity index (χ0) is 14.7. The summed E-state index contributed by atoms with van der Waals surface area (Å²) in [5.41, 5.74) is 0.00757. The van der Waals surface area contributed by atoms with E-state index in [0.29, 0.717) is 16.2 Å². The molecule has 1 amide bonds. The van der Waals surface area contributed by atoms with Gasteiger partial charge in [-0.05, 0) is 22.0 Å². The zero-order valence-electron chi connectivity index (χ0n) is 10.3. The van der Waals surface area contributed by atoms with Gasteiger partial charge in [0.1, 0.15) is 0 Å². The van der Waals surface area contributed by atoms with Crippen molar-refractivity contribution < 1.29 is 14.2 Å². The van der Waals surface area contributed by atoms with Crippen molar-refractivity contribution in [3.8, 4) is 0 Å². The number of non-ortho nitro benzene ring substituents is 1. The number of hydrogen-bond acceptors (Lipinski definition) is 6. The second kappa shape index (κ2) is 5.78. The molecular formula is C11H9BrN4O4. The first-order valence-electron chi connectivity index (χ1n) is 5.48. The van der Waals surface area contributed by atoms with Crippen LogP contribution in [0.5, 0.6) is 0 Å². The summed E-state index contributed by atoms with van der Waals surface area (Å²) >= 11 is 3.18. The average Bonchev–Trinajstić information content (AvgIpc) is 2.82. The number of nitro groups is 1. The summed E-state index contributed by atoms with van der Waals surface area (Å²) in [4.78, 5) is 26.0. The molecule has 8 nitrogen and oxygen atoms in total. The Labute approximate surface area is 121 Å². The highest BCUT2D eigenvalue weighted by Gasteiger charge is 2.16. The minimum atomic E-state index is -0.564. The van der Waals surface area contributed by atoms with Crippen LogP contribution in [0.4, 0.5) is 5.69 Å². The summed E-state index contributed by atoms with van der Waals surface area (Å²) in [5.74, 6) is 0.256. The number of aromatic nitrogens is 2. The van der Waals surface area contributed by atoms with Gasteiger partial charge in [-0.1, -0.05) is 5.16 Å². The van der Waals surface area contributed by atoms with E-state index < -0.39 is 10.8 Å². The summed E-state index contributed by atoms with van der Waals surface area (Å²) in [6.45, 7) is 1.71. The normalized spacial score (nSPS) is 10.3. The Morgan fingerprint density at radius 1 is 1.55 bits per heavy atom. The number of halogens is 1. The number of aryl methyl sites for hydroxylation is 1. The Bertz CT molecular complexity index is 670. The van der Waals surface area contributed by atoms with Gasteiger partial charge in [0.15, 0.2) is 5.82 Å². The molecule has 0 aliphatic heterocycles. The second-order valence-corrected chi connectivity index (χ2v) is 4.69. The summed E-state index contributed by atoms with van der Waals surface area (Å²) in [7, 11) is 0. The number of carbonyl (C=O) groups excluding carboxylic acids is 1. The number of hydrogen-bond donors (Lipinski definition) is 1. The Balaban J connectivity index is 2.12. The maximum atomic E-state index is 12.0. The summed E-state index contributed by atoms with van der Waals surface area (Å²) in [6, 6.07) is 3.95. The molecule has 0 aliphatic rings. The van der Waals surface area contributed by atoms with Crippen LogP contribution in [0, 0.1) is 17.0 Å². The van der Waals surface area contributed by atoms with Crippen molar-refractivity contribution in [3.05, 3.63) is 50.1 Å². The van der Waals surface area contributed by atoms with Crippen molar-refractivity contribution >= 4 is 27.5 Å². The Hall–Kier alpha value is -2.29. The molecule has 1 aromatic carbocycles. The van der Waals surface area contributed by atoms with E-state index in [9.17, 15) is 14.9 Å². The first kappa shape index (κ1) is 14.1. The van der Waals surface area contributed by atoms with Gasteiger partial charge in [-0.2, -0.15) is 4.98 Å². The van der Waals surface area contributed by atoms with Crippen LogP contribution in [0.3, 0.4) is 0 Å². The molecule has 9 heteroatoms. The lowest BCUT2D eigenvalue weighted by molar-refractivity contribution is -0.384. The number of benzene rings is 1. The fourth-order valence-corrected chi connectivity index (χ4v) is 1.90. The van der Waals surface area contributed by atoms with Crippen molar-refractivity contribution in [2.75, 3.05) is 0 Å². The van der Waals surface area contributed by atoms with Crippen molar-refractivity contribution in [1.29, 1.82) is 0 Å². The van der Waals surface area contributed by atoms with Crippen LogP contribution < -0.4 is 5.32 Å². The summed E-state index contributed by atoms with van der Waals surface area (Å²) < 4.78 is 5.23. The molecule has 0 saturated carbocycles. The number of nitrogens with one attached hydrogen (secondary N) is 1. The fourth-order valence-electron chi connectivity index (χ4n) is 1.47. The van der Waals surface area contributed by atoms with E-state index in [1.54, 1.807) is 6.92 Å². The topological polar surface area (TPSA) is 111 Å². The largest absolute Gasteiger partial charge is 0.345 e. The van der Waals surface area contributed by atoms with E-state index in [2.05, 4.69) is 31.4 Å². The maximum absolute atomic E-state index is 12.0. The summed E-state index contributed by atoms with van der Waals surface area (Å²) in [5, 5.41) is 16.9. The smallest absolute Gasteiger partial charge is 0.270 e. The maximum Gasteiger partial charge on any atom is 0.270 e. The van der Waals surface area contributed by atoms with E-state index >= 15 is 0 Å². The molecule has 0 radical (unpaired) electrons. The van der Waals surface area contributed by atoms with Crippen LogP contribution in [-0.4, -0.2) is 21.0 Å². The zero-order valence-corrected chi connectivity index (χ0v) is 11.9. The van der Waals surface area contributed by atoms with Gasteiger partial charge >= 0.3 is 0 Å². The molecular weight excluding hydrogens is 332 g/mol. The van der Waals surface area contributed by atoms with Crippen molar-refractivity contribution in [1.82, 2.24) is 15.5 Å². The van der Waals surface area contributed by atoms with Gasteiger partial charge < -0.3 is 9.84 Å². The van der Waals surface area contributed by atoms with Crippen molar-refractivity contribution in [3.63, 3.8) is 0 Å². The van der Waals surface area contributed by atoms with Gasteiger partial charge in [-0.15, -0.1) is 0 Å². The lowest BCUT2D eigenvalue weighted by Crippen LogP contribution is -2.23. The van der Waals surface area contributed by atoms with Crippen LogP contribution in [0.15, 0.2) is 27.2 Å². The van der Waals surface area contributed by atoms with Gasteiger partial charge in [0.25, 0.3) is 11.6 Å². The highest BCUT2D eigenvalue weighted by Crippen LogP contribution is 2.22. The second-order valence-electron chi connectivity index (χ2n) is 3.83. The van der Waals surface area contributed by atoms with E-state index in [1.165, 1.54) is 18.2 Å². The molecule has 0 unspecified atom stereocenters. The van der Waals surface area contributed by atoms with E-state index in [4.69, 9.17) is 4.52 Å². The number of nitro benzene ring substituents is 1. The molecule has 0 spiro atoms. The molecule has 2 rings (SSSR count). The summed E-state index contributed by atoms with van der Waals surface area (Å²) in [6.07, 6.45) is 0. The first-order valence-corrected chi connectivity index (χ1v) is 6.28. The van der Waals surface area contributed by atoms with Crippen LogP contribution in [0.25, 0.3) is 0 Å². The lowest BCUT2D eigenvalue weighted by Gasteiger charge is -2.04. The fraction of sp³-hybridized carbons (Fsp3) is 0.182.